The van der Waals surface area contributed by atoms with Crippen LogP contribution in [-0.4, -0.2) is 22.6 Å². The van der Waals surface area contributed by atoms with Crippen LogP contribution >= 0.6 is 11.6 Å². The average molecular weight is 398 g/mol. The van der Waals surface area contributed by atoms with E-state index in [1.165, 1.54) is 17.7 Å². The number of nitrogens with zero attached hydrogens (tertiary/aromatic N) is 2. The number of aryl methyl sites for hydroxylation is 1. The molecule has 0 saturated carbocycles. The van der Waals surface area contributed by atoms with Crippen LogP contribution in [0.25, 0.3) is 11.4 Å². The zero-order valence-corrected chi connectivity index (χ0v) is 16.4. The highest BCUT2D eigenvalue weighted by Gasteiger charge is 2.15. The summed E-state index contributed by atoms with van der Waals surface area (Å²) in [4.78, 5) is 29.9. The van der Waals surface area contributed by atoms with Crippen LogP contribution in [0.1, 0.15) is 12.6 Å². The number of para-hydroxylation sites is 2. The first kappa shape index (κ1) is 19.6. The molecule has 7 heteroatoms. The molecule has 2 aromatic carbocycles. The maximum absolute atomic E-state index is 12.7. The molecule has 3 aromatic rings. The third-order valence-electron chi connectivity index (χ3n) is 4.19. The Morgan fingerprint density at radius 1 is 1.18 bits per heavy atom. The standard InChI is InChI=1S/C21H20ClN3O3/c1-3-16-12-20(27)25(21(23-16)14-7-6-8-15(22)11-14)13-19(26)24-17-9-4-5-10-18(17)28-2/h4-12H,3,13H2,1-2H3,(H,24,26). The number of amides is 1. The Kier molecular flexibility index (Phi) is 6.11. The number of hydrogen-bond donors (Lipinski definition) is 1. The second kappa shape index (κ2) is 8.71. The smallest absolute Gasteiger partial charge is 0.254 e. The number of methoxy groups -OCH3 is 1. The molecule has 0 atom stereocenters. The van der Waals surface area contributed by atoms with E-state index in [-0.39, 0.29) is 18.0 Å². The van der Waals surface area contributed by atoms with Crippen molar-refractivity contribution in [1.29, 1.82) is 0 Å². The van der Waals surface area contributed by atoms with Gasteiger partial charge >= 0.3 is 0 Å². The Morgan fingerprint density at radius 3 is 2.68 bits per heavy atom. The maximum Gasteiger partial charge on any atom is 0.254 e. The van der Waals surface area contributed by atoms with Crippen molar-refractivity contribution in [3.8, 4) is 17.1 Å². The molecule has 0 fully saturated rings. The van der Waals surface area contributed by atoms with Crippen molar-refractivity contribution in [3.05, 3.63) is 75.7 Å². The van der Waals surface area contributed by atoms with E-state index in [1.807, 2.05) is 19.1 Å². The van der Waals surface area contributed by atoms with Gasteiger partial charge in [0.15, 0.2) is 0 Å². The maximum atomic E-state index is 12.7. The highest BCUT2D eigenvalue weighted by Crippen LogP contribution is 2.24. The molecule has 144 valence electrons. The molecule has 0 radical (unpaired) electrons. The minimum Gasteiger partial charge on any atom is -0.495 e. The van der Waals surface area contributed by atoms with Crippen molar-refractivity contribution < 1.29 is 9.53 Å². The lowest BCUT2D eigenvalue weighted by molar-refractivity contribution is -0.116. The van der Waals surface area contributed by atoms with Crippen LogP contribution in [0.2, 0.25) is 5.02 Å². The first-order chi connectivity index (χ1) is 13.5. The van der Waals surface area contributed by atoms with Gasteiger partial charge in [-0.1, -0.05) is 42.8 Å². The van der Waals surface area contributed by atoms with Crippen LogP contribution in [-0.2, 0) is 17.8 Å². The van der Waals surface area contributed by atoms with E-state index in [0.29, 0.717) is 40.0 Å². The molecule has 0 bridgehead atoms. The molecule has 28 heavy (non-hydrogen) atoms. The number of halogens is 1. The summed E-state index contributed by atoms with van der Waals surface area (Å²) in [7, 11) is 1.53. The van der Waals surface area contributed by atoms with Crippen LogP contribution in [0.5, 0.6) is 5.75 Å². The van der Waals surface area contributed by atoms with Gasteiger partial charge < -0.3 is 10.1 Å². The Hall–Kier alpha value is -3.12. The summed E-state index contributed by atoms with van der Waals surface area (Å²) in [5.74, 6) is 0.584. The highest BCUT2D eigenvalue weighted by atomic mass is 35.5. The van der Waals surface area contributed by atoms with E-state index in [1.54, 1.807) is 36.4 Å². The number of ether oxygens (including phenoxy) is 1. The Balaban J connectivity index is 1.97. The fourth-order valence-corrected chi connectivity index (χ4v) is 3.01. The van der Waals surface area contributed by atoms with Crippen LogP contribution in [0.3, 0.4) is 0 Å². The van der Waals surface area contributed by atoms with E-state index in [4.69, 9.17) is 16.3 Å². The van der Waals surface area contributed by atoms with Gasteiger partial charge in [-0.15, -0.1) is 0 Å². The van der Waals surface area contributed by atoms with Gasteiger partial charge in [-0.25, -0.2) is 4.98 Å². The first-order valence-electron chi connectivity index (χ1n) is 8.81. The van der Waals surface area contributed by atoms with Crippen LogP contribution in [0.4, 0.5) is 5.69 Å². The van der Waals surface area contributed by atoms with Crippen molar-refractivity contribution >= 4 is 23.2 Å². The molecule has 1 N–H and O–H groups in total. The van der Waals surface area contributed by atoms with E-state index >= 15 is 0 Å². The lowest BCUT2D eigenvalue weighted by atomic mass is 10.2. The molecular weight excluding hydrogens is 378 g/mol. The molecule has 6 nitrogen and oxygen atoms in total. The molecule has 0 aliphatic rings. The van der Waals surface area contributed by atoms with Crippen molar-refractivity contribution in [3.63, 3.8) is 0 Å². The number of anilines is 1. The summed E-state index contributed by atoms with van der Waals surface area (Å²) >= 11 is 6.10. The summed E-state index contributed by atoms with van der Waals surface area (Å²) in [6.45, 7) is 1.73. The van der Waals surface area contributed by atoms with Gasteiger partial charge in [-0.2, -0.15) is 0 Å². The average Bonchev–Trinajstić information content (AvgIpc) is 2.69. The van der Waals surface area contributed by atoms with E-state index in [9.17, 15) is 9.59 Å². The fourth-order valence-electron chi connectivity index (χ4n) is 2.82. The normalized spacial score (nSPS) is 10.5. The number of nitrogens with one attached hydrogen (secondary N) is 1. The highest BCUT2D eigenvalue weighted by molar-refractivity contribution is 6.30. The molecule has 1 heterocycles. The van der Waals surface area contributed by atoms with E-state index in [0.717, 1.165) is 0 Å². The Bertz CT molecular complexity index is 1060. The second-order valence-electron chi connectivity index (χ2n) is 6.11. The number of hydrogen-bond acceptors (Lipinski definition) is 4. The molecule has 0 spiro atoms. The summed E-state index contributed by atoms with van der Waals surface area (Å²) in [5, 5.41) is 3.30. The first-order valence-corrected chi connectivity index (χ1v) is 9.19. The number of carbonyl (C=O) groups excluding carboxylic acids is 1. The Morgan fingerprint density at radius 2 is 1.96 bits per heavy atom. The van der Waals surface area contributed by atoms with Gasteiger partial charge in [0.2, 0.25) is 5.91 Å². The zero-order chi connectivity index (χ0) is 20.1. The van der Waals surface area contributed by atoms with Crippen molar-refractivity contribution in [1.82, 2.24) is 9.55 Å². The number of aromatic nitrogens is 2. The van der Waals surface area contributed by atoms with Crippen LogP contribution < -0.4 is 15.6 Å². The zero-order valence-electron chi connectivity index (χ0n) is 15.6. The summed E-state index contributed by atoms with van der Waals surface area (Å²) in [6.07, 6.45) is 0.608. The lowest BCUT2D eigenvalue weighted by Crippen LogP contribution is -2.30. The summed E-state index contributed by atoms with van der Waals surface area (Å²) < 4.78 is 6.59. The van der Waals surface area contributed by atoms with Crippen molar-refractivity contribution in [2.75, 3.05) is 12.4 Å². The third-order valence-corrected chi connectivity index (χ3v) is 4.42. The van der Waals surface area contributed by atoms with Gasteiger partial charge in [-0.3, -0.25) is 14.2 Å². The fraction of sp³-hybridized carbons (Fsp3) is 0.190. The van der Waals surface area contributed by atoms with E-state index < -0.39 is 0 Å². The van der Waals surface area contributed by atoms with Gasteiger partial charge in [-0.05, 0) is 30.7 Å². The SMILES string of the molecule is CCc1cc(=O)n(CC(=O)Nc2ccccc2OC)c(-c2cccc(Cl)c2)n1. The van der Waals surface area contributed by atoms with Gasteiger partial charge in [0, 0.05) is 22.3 Å². The minimum absolute atomic E-state index is 0.185. The molecule has 0 unspecified atom stereocenters. The number of benzene rings is 2. The second-order valence-corrected chi connectivity index (χ2v) is 6.54. The lowest BCUT2D eigenvalue weighted by Gasteiger charge is -2.14. The van der Waals surface area contributed by atoms with E-state index in [2.05, 4.69) is 10.3 Å². The number of carbonyl (C=O) groups is 1. The largest absolute Gasteiger partial charge is 0.495 e. The monoisotopic (exact) mass is 397 g/mol. The van der Waals surface area contributed by atoms with Gasteiger partial charge in [0.05, 0.1) is 12.8 Å². The van der Waals surface area contributed by atoms with Crippen molar-refractivity contribution in [2.45, 2.75) is 19.9 Å². The molecule has 3 rings (SSSR count). The Labute approximate surface area is 167 Å². The predicted octanol–water partition coefficient (Wildman–Crippen LogP) is 3.77. The van der Waals surface area contributed by atoms with Crippen LogP contribution in [0.15, 0.2) is 59.4 Å². The summed E-state index contributed by atoms with van der Waals surface area (Å²) in [5.41, 5.74) is 1.56. The predicted molar refractivity (Wildman–Crippen MR) is 110 cm³/mol. The summed E-state index contributed by atoms with van der Waals surface area (Å²) in [6, 6.07) is 15.6. The molecule has 1 amide bonds. The van der Waals surface area contributed by atoms with Gasteiger partial charge in [0.1, 0.15) is 18.1 Å². The molecule has 1 aromatic heterocycles. The number of rotatable bonds is 6. The molecule has 0 aliphatic carbocycles. The molecular formula is C21H20ClN3O3. The van der Waals surface area contributed by atoms with Crippen LogP contribution in [0, 0.1) is 0 Å². The van der Waals surface area contributed by atoms with Gasteiger partial charge in [0.25, 0.3) is 5.56 Å². The molecule has 0 saturated heterocycles. The quantitative estimate of drug-likeness (QED) is 0.687. The van der Waals surface area contributed by atoms with Crippen molar-refractivity contribution in [2.24, 2.45) is 0 Å². The molecule has 0 aliphatic heterocycles. The third kappa shape index (κ3) is 4.40. The topological polar surface area (TPSA) is 73.2 Å². The minimum atomic E-state index is -0.360.